The van der Waals surface area contributed by atoms with Crippen LogP contribution in [0.15, 0.2) is 42.5 Å². The van der Waals surface area contributed by atoms with Crippen LogP contribution in [0.3, 0.4) is 0 Å². The van der Waals surface area contributed by atoms with Crippen molar-refractivity contribution in [1.82, 2.24) is 10.9 Å². The van der Waals surface area contributed by atoms with E-state index in [1.54, 1.807) is 0 Å². The Balaban J connectivity index is 2.04. The van der Waals surface area contributed by atoms with Crippen LogP contribution in [0.1, 0.15) is 20.7 Å². The Morgan fingerprint density at radius 1 is 1.05 bits per heavy atom. The van der Waals surface area contributed by atoms with Gasteiger partial charge >= 0.3 is 0 Å². The summed E-state index contributed by atoms with van der Waals surface area (Å²) in [6, 6.07) is 9.42. The van der Waals surface area contributed by atoms with Crippen molar-refractivity contribution in [3.63, 3.8) is 0 Å². The number of hydrazine groups is 1. The predicted octanol–water partition coefficient (Wildman–Crippen LogP) is 1.61. The van der Waals surface area contributed by atoms with Gasteiger partial charge in [-0.25, -0.2) is 4.39 Å². The number of methoxy groups -OCH3 is 1. The van der Waals surface area contributed by atoms with Gasteiger partial charge in [0.25, 0.3) is 11.8 Å². The molecule has 0 heterocycles. The van der Waals surface area contributed by atoms with E-state index in [1.807, 2.05) is 0 Å². The number of phenolic OH excluding ortho intramolecular Hbond substituents is 1. The minimum Gasteiger partial charge on any atom is -0.507 e. The summed E-state index contributed by atoms with van der Waals surface area (Å²) < 4.78 is 18.3. The van der Waals surface area contributed by atoms with Gasteiger partial charge in [-0.05, 0) is 24.3 Å². The Bertz CT molecular complexity index is 718. The number of rotatable bonds is 3. The third-order valence-electron chi connectivity index (χ3n) is 2.86. The number of hydrogen-bond donors (Lipinski definition) is 3. The largest absolute Gasteiger partial charge is 0.507 e. The lowest BCUT2D eigenvalue weighted by Gasteiger charge is -2.09. The molecule has 114 valence electrons. The molecule has 0 aromatic heterocycles. The van der Waals surface area contributed by atoms with Crippen LogP contribution in [-0.2, 0) is 0 Å². The number of benzene rings is 2. The second kappa shape index (κ2) is 6.57. The van der Waals surface area contributed by atoms with E-state index in [1.165, 1.54) is 43.5 Å². The van der Waals surface area contributed by atoms with E-state index in [0.29, 0.717) is 5.75 Å². The number of phenols is 1. The van der Waals surface area contributed by atoms with Gasteiger partial charge < -0.3 is 9.84 Å². The Morgan fingerprint density at radius 3 is 2.27 bits per heavy atom. The van der Waals surface area contributed by atoms with Gasteiger partial charge in [0.2, 0.25) is 0 Å². The van der Waals surface area contributed by atoms with Gasteiger partial charge in [0.1, 0.15) is 17.3 Å². The van der Waals surface area contributed by atoms with Crippen LogP contribution in [0.25, 0.3) is 0 Å². The number of carbonyl (C=O) groups is 2. The van der Waals surface area contributed by atoms with Gasteiger partial charge in [-0.2, -0.15) is 0 Å². The zero-order valence-electron chi connectivity index (χ0n) is 11.6. The van der Waals surface area contributed by atoms with Crippen LogP contribution >= 0.6 is 0 Å². The molecule has 2 aromatic rings. The van der Waals surface area contributed by atoms with E-state index < -0.39 is 17.6 Å². The Hall–Kier alpha value is -3.09. The van der Waals surface area contributed by atoms with Crippen molar-refractivity contribution >= 4 is 11.8 Å². The summed E-state index contributed by atoms with van der Waals surface area (Å²) in [6.07, 6.45) is 0. The maximum atomic E-state index is 13.4. The van der Waals surface area contributed by atoms with Gasteiger partial charge in [-0.1, -0.05) is 12.1 Å². The van der Waals surface area contributed by atoms with Crippen LogP contribution in [-0.4, -0.2) is 24.0 Å². The molecular formula is C15H13FN2O4. The molecule has 0 fully saturated rings. The number of aromatic hydroxyl groups is 1. The quantitative estimate of drug-likeness (QED) is 0.752. The summed E-state index contributed by atoms with van der Waals surface area (Å²) in [5, 5.41) is 9.71. The Kier molecular flexibility index (Phi) is 4.57. The summed E-state index contributed by atoms with van der Waals surface area (Å²) in [5.74, 6) is -2.19. The average Bonchev–Trinajstić information content (AvgIpc) is 2.52. The number of hydrogen-bond acceptors (Lipinski definition) is 4. The first-order chi connectivity index (χ1) is 10.5. The molecule has 0 spiro atoms. The lowest BCUT2D eigenvalue weighted by Crippen LogP contribution is -2.41. The van der Waals surface area contributed by atoms with Crippen molar-refractivity contribution < 1.29 is 23.8 Å². The van der Waals surface area contributed by atoms with Crippen molar-refractivity contribution in [2.75, 3.05) is 7.11 Å². The molecule has 0 saturated carbocycles. The van der Waals surface area contributed by atoms with Crippen LogP contribution in [0.2, 0.25) is 0 Å². The Labute approximate surface area is 125 Å². The first kappa shape index (κ1) is 15.3. The minimum absolute atomic E-state index is 0.0605. The fourth-order valence-electron chi connectivity index (χ4n) is 1.72. The van der Waals surface area contributed by atoms with E-state index in [9.17, 15) is 19.1 Å². The molecule has 6 nitrogen and oxygen atoms in total. The van der Waals surface area contributed by atoms with Crippen LogP contribution in [0, 0.1) is 5.82 Å². The highest BCUT2D eigenvalue weighted by molar-refractivity contribution is 6.00. The summed E-state index contributed by atoms with van der Waals surface area (Å²) in [5.41, 5.74) is 3.90. The number of amides is 2. The molecule has 0 aliphatic carbocycles. The second-order valence-corrected chi connectivity index (χ2v) is 4.27. The highest BCUT2D eigenvalue weighted by atomic mass is 19.1. The normalized spacial score (nSPS) is 9.91. The monoisotopic (exact) mass is 304 g/mol. The highest BCUT2D eigenvalue weighted by Crippen LogP contribution is 2.22. The number of ether oxygens (including phenoxy) is 1. The maximum absolute atomic E-state index is 13.4. The van der Waals surface area contributed by atoms with Crippen LogP contribution in [0.5, 0.6) is 11.5 Å². The van der Waals surface area contributed by atoms with Gasteiger partial charge in [0.05, 0.1) is 18.2 Å². The molecule has 0 bridgehead atoms. The number of nitrogens with one attached hydrogen (secondary N) is 2. The van der Waals surface area contributed by atoms with Gasteiger partial charge in [-0.3, -0.25) is 20.4 Å². The second-order valence-electron chi connectivity index (χ2n) is 4.27. The summed E-state index contributed by atoms with van der Waals surface area (Å²) in [4.78, 5) is 23.6. The van der Waals surface area contributed by atoms with Gasteiger partial charge in [0, 0.05) is 6.07 Å². The van der Waals surface area contributed by atoms with Gasteiger partial charge in [-0.15, -0.1) is 0 Å². The highest BCUT2D eigenvalue weighted by Gasteiger charge is 2.15. The number of carbonyl (C=O) groups excluding carboxylic acids is 2. The van der Waals surface area contributed by atoms with Crippen molar-refractivity contribution in [2.24, 2.45) is 0 Å². The topological polar surface area (TPSA) is 87.7 Å². The summed E-state index contributed by atoms with van der Waals surface area (Å²) >= 11 is 0. The first-order valence-corrected chi connectivity index (χ1v) is 6.25. The average molecular weight is 304 g/mol. The molecule has 2 rings (SSSR count). The summed E-state index contributed by atoms with van der Waals surface area (Å²) in [6.45, 7) is 0. The molecular weight excluding hydrogens is 291 g/mol. The molecule has 3 N–H and O–H groups in total. The molecule has 7 heteroatoms. The van der Waals surface area contributed by atoms with E-state index in [4.69, 9.17) is 4.74 Å². The van der Waals surface area contributed by atoms with E-state index in [2.05, 4.69) is 10.9 Å². The zero-order valence-corrected chi connectivity index (χ0v) is 11.6. The molecule has 0 aliphatic rings. The standard InChI is InChI=1S/C15H13FN2O4/c1-22-9-6-7-11(13(19)8-9)15(21)18-17-14(20)10-4-2-3-5-12(10)16/h2-8,19H,1H3,(H,17,20)(H,18,21). The van der Waals surface area contributed by atoms with Crippen LogP contribution < -0.4 is 15.6 Å². The van der Waals surface area contributed by atoms with Crippen molar-refractivity contribution in [2.45, 2.75) is 0 Å². The molecule has 0 radical (unpaired) electrons. The number of halogens is 1. The first-order valence-electron chi connectivity index (χ1n) is 6.25. The molecule has 0 aliphatic heterocycles. The van der Waals surface area contributed by atoms with Crippen molar-refractivity contribution in [1.29, 1.82) is 0 Å². The lowest BCUT2D eigenvalue weighted by molar-refractivity contribution is 0.0842. The molecule has 2 amide bonds. The predicted molar refractivity (Wildman–Crippen MR) is 76.0 cm³/mol. The molecule has 22 heavy (non-hydrogen) atoms. The molecule has 0 unspecified atom stereocenters. The fraction of sp³-hybridized carbons (Fsp3) is 0.0667. The fourth-order valence-corrected chi connectivity index (χ4v) is 1.72. The van der Waals surface area contributed by atoms with Crippen LogP contribution in [0.4, 0.5) is 4.39 Å². The zero-order chi connectivity index (χ0) is 16.1. The van der Waals surface area contributed by atoms with E-state index in [0.717, 1.165) is 6.07 Å². The lowest BCUT2D eigenvalue weighted by atomic mass is 10.2. The smallest absolute Gasteiger partial charge is 0.273 e. The molecule has 0 saturated heterocycles. The van der Waals surface area contributed by atoms with E-state index in [-0.39, 0.29) is 16.9 Å². The van der Waals surface area contributed by atoms with Crippen molar-refractivity contribution in [3.8, 4) is 11.5 Å². The molecule has 0 atom stereocenters. The SMILES string of the molecule is COc1ccc(C(=O)NNC(=O)c2ccccc2F)c(O)c1. The third kappa shape index (κ3) is 3.32. The maximum Gasteiger partial charge on any atom is 0.273 e. The summed E-state index contributed by atoms with van der Waals surface area (Å²) in [7, 11) is 1.42. The van der Waals surface area contributed by atoms with E-state index >= 15 is 0 Å². The third-order valence-corrected chi connectivity index (χ3v) is 2.86. The Morgan fingerprint density at radius 2 is 1.68 bits per heavy atom. The minimum atomic E-state index is -0.806. The van der Waals surface area contributed by atoms with Crippen molar-refractivity contribution in [3.05, 3.63) is 59.4 Å². The van der Waals surface area contributed by atoms with Gasteiger partial charge in [0.15, 0.2) is 0 Å². The molecule has 2 aromatic carbocycles.